The number of nitrogens with zero attached hydrogens (tertiary/aromatic N) is 1. The summed E-state index contributed by atoms with van der Waals surface area (Å²) in [5.41, 5.74) is 0.295. The van der Waals surface area contributed by atoms with Gasteiger partial charge in [-0.25, -0.2) is 0 Å². The number of aryl methyl sites for hydroxylation is 1. The second-order valence-electron chi connectivity index (χ2n) is 6.39. The number of rotatable bonds is 6. The van der Waals surface area contributed by atoms with Gasteiger partial charge in [0.05, 0.1) is 19.3 Å². The van der Waals surface area contributed by atoms with Crippen LogP contribution in [-0.2, 0) is 11.2 Å². The Hall–Kier alpha value is -0.490. The van der Waals surface area contributed by atoms with E-state index in [1.54, 1.807) is 0 Å². The molecular weight excluding hydrogens is 296 g/mol. The summed E-state index contributed by atoms with van der Waals surface area (Å²) >= 11 is 2.08. The zero-order valence-electron chi connectivity index (χ0n) is 13.8. The molecule has 0 aromatic carbocycles. The zero-order valence-corrected chi connectivity index (χ0v) is 14.6. The number of hydrogen-bond acceptors (Lipinski definition) is 5. The smallest absolute Gasteiger partial charge is 0.120 e. The van der Waals surface area contributed by atoms with Crippen molar-refractivity contribution in [3.8, 4) is 0 Å². The van der Waals surface area contributed by atoms with Crippen LogP contribution in [0.3, 0.4) is 0 Å². The summed E-state index contributed by atoms with van der Waals surface area (Å²) in [5, 5.41) is 3.73. The Morgan fingerprint density at radius 3 is 2.82 bits per heavy atom. The monoisotopic (exact) mass is 324 g/mol. The van der Waals surface area contributed by atoms with Gasteiger partial charge in [-0.1, -0.05) is 6.92 Å². The van der Waals surface area contributed by atoms with Crippen LogP contribution in [-0.4, -0.2) is 54.8 Å². The standard InChI is InChI=1S/C17H28N2O2S/c1-3-15-4-5-16(21-15)14(2)18-12-17(6-11-22-13-17)19-7-9-20-10-8-19/h4-5,14,18H,3,6-13H2,1-2H3/t14-,17+/m0/s1. The molecule has 0 spiro atoms. The summed E-state index contributed by atoms with van der Waals surface area (Å²) in [6.45, 7) is 9.25. The van der Waals surface area contributed by atoms with E-state index in [1.807, 2.05) is 0 Å². The summed E-state index contributed by atoms with van der Waals surface area (Å²) in [6.07, 6.45) is 2.23. The van der Waals surface area contributed by atoms with E-state index in [0.717, 1.165) is 50.8 Å². The number of hydrogen-bond donors (Lipinski definition) is 1. The third kappa shape index (κ3) is 3.53. The molecule has 0 saturated carbocycles. The Bertz CT molecular complexity index is 465. The highest BCUT2D eigenvalue weighted by molar-refractivity contribution is 7.99. The second-order valence-corrected chi connectivity index (χ2v) is 7.49. The lowest BCUT2D eigenvalue weighted by molar-refractivity contribution is -0.0141. The molecule has 3 heterocycles. The zero-order chi connectivity index (χ0) is 15.4. The SMILES string of the molecule is CCc1ccc([C@H](C)NC[C@]2(N3CCOCC3)CCSC2)o1. The Morgan fingerprint density at radius 1 is 1.36 bits per heavy atom. The molecule has 124 valence electrons. The normalized spacial score (nSPS) is 28.1. The van der Waals surface area contributed by atoms with E-state index in [1.165, 1.54) is 17.9 Å². The maximum atomic E-state index is 5.89. The fraction of sp³-hybridized carbons (Fsp3) is 0.765. The van der Waals surface area contributed by atoms with Crippen LogP contribution in [0.4, 0.5) is 0 Å². The molecule has 1 N–H and O–H groups in total. The van der Waals surface area contributed by atoms with Gasteiger partial charge in [0.15, 0.2) is 0 Å². The fourth-order valence-electron chi connectivity index (χ4n) is 3.40. The van der Waals surface area contributed by atoms with Crippen LogP contribution >= 0.6 is 11.8 Å². The molecule has 0 bridgehead atoms. The third-order valence-electron chi connectivity index (χ3n) is 4.96. The minimum Gasteiger partial charge on any atom is -0.464 e. The van der Waals surface area contributed by atoms with E-state index in [9.17, 15) is 0 Å². The van der Waals surface area contributed by atoms with Crippen LogP contribution in [0.15, 0.2) is 16.5 Å². The lowest BCUT2D eigenvalue weighted by Gasteiger charge is -2.43. The van der Waals surface area contributed by atoms with Gasteiger partial charge in [-0.3, -0.25) is 4.90 Å². The molecule has 4 nitrogen and oxygen atoms in total. The molecule has 1 aromatic heterocycles. The van der Waals surface area contributed by atoms with Gasteiger partial charge in [0.1, 0.15) is 11.5 Å². The maximum Gasteiger partial charge on any atom is 0.120 e. The first kappa shape index (κ1) is 16.4. The molecule has 2 aliphatic heterocycles. The first-order valence-corrected chi connectivity index (χ1v) is 9.61. The Labute approximate surface area is 138 Å². The van der Waals surface area contributed by atoms with Crippen LogP contribution in [0.25, 0.3) is 0 Å². The van der Waals surface area contributed by atoms with E-state index in [-0.39, 0.29) is 6.04 Å². The van der Waals surface area contributed by atoms with Gasteiger partial charge in [0.2, 0.25) is 0 Å². The van der Waals surface area contributed by atoms with Crippen molar-refractivity contribution in [2.75, 3.05) is 44.4 Å². The Balaban J connectivity index is 1.61. The average molecular weight is 324 g/mol. The lowest BCUT2D eigenvalue weighted by atomic mass is 9.95. The van der Waals surface area contributed by atoms with Gasteiger partial charge >= 0.3 is 0 Å². The van der Waals surface area contributed by atoms with Crippen LogP contribution in [0.5, 0.6) is 0 Å². The summed E-state index contributed by atoms with van der Waals surface area (Å²) in [5.74, 6) is 4.63. The molecule has 2 fully saturated rings. The average Bonchev–Trinajstić information content (AvgIpc) is 3.23. The van der Waals surface area contributed by atoms with Gasteiger partial charge in [-0.15, -0.1) is 0 Å². The number of nitrogens with one attached hydrogen (secondary N) is 1. The van der Waals surface area contributed by atoms with Crippen molar-refractivity contribution in [3.05, 3.63) is 23.7 Å². The molecule has 22 heavy (non-hydrogen) atoms. The largest absolute Gasteiger partial charge is 0.464 e. The fourth-order valence-corrected chi connectivity index (χ4v) is 4.87. The number of morpholine rings is 1. The van der Waals surface area contributed by atoms with Crippen molar-refractivity contribution < 1.29 is 9.15 Å². The molecule has 0 amide bonds. The Kier molecular flexibility index (Phi) is 5.50. The predicted molar refractivity (Wildman–Crippen MR) is 91.6 cm³/mol. The van der Waals surface area contributed by atoms with Crippen LogP contribution < -0.4 is 5.32 Å². The highest BCUT2D eigenvalue weighted by atomic mass is 32.2. The minimum absolute atomic E-state index is 0.267. The molecule has 2 atom stereocenters. The van der Waals surface area contributed by atoms with Gasteiger partial charge in [-0.2, -0.15) is 11.8 Å². The van der Waals surface area contributed by atoms with Gasteiger partial charge in [-0.05, 0) is 31.2 Å². The first-order chi connectivity index (χ1) is 10.7. The van der Waals surface area contributed by atoms with Crippen molar-refractivity contribution in [2.24, 2.45) is 0 Å². The first-order valence-electron chi connectivity index (χ1n) is 8.46. The van der Waals surface area contributed by atoms with Gasteiger partial charge in [0.25, 0.3) is 0 Å². The topological polar surface area (TPSA) is 37.6 Å². The van der Waals surface area contributed by atoms with Crippen LogP contribution in [0, 0.1) is 0 Å². The van der Waals surface area contributed by atoms with Gasteiger partial charge in [0, 0.05) is 37.3 Å². The highest BCUT2D eigenvalue weighted by Crippen LogP contribution is 2.34. The molecule has 3 rings (SSSR count). The molecule has 0 unspecified atom stereocenters. The summed E-state index contributed by atoms with van der Waals surface area (Å²) in [6, 6.07) is 4.47. The van der Waals surface area contributed by atoms with Crippen molar-refractivity contribution in [3.63, 3.8) is 0 Å². The van der Waals surface area contributed by atoms with Crippen molar-refractivity contribution in [1.82, 2.24) is 10.2 Å². The number of furan rings is 1. The number of thioether (sulfide) groups is 1. The molecule has 0 aliphatic carbocycles. The molecule has 2 aliphatic rings. The van der Waals surface area contributed by atoms with E-state index < -0.39 is 0 Å². The predicted octanol–water partition coefficient (Wildman–Crippen LogP) is 2.70. The van der Waals surface area contributed by atoms with Crippen LogP contribution in [0.1, 0.15) is 37.8 Å². The summed E-state index contributed by atoms with van der Waals surface area (Å²) in [4.78, 5) is 2.65. The molecule has 1 aromatic rings. The van der Waals surface area contributed by atoms with Crippen molar-refractivity contribution in [2.45, 2.75) is 38.3 Å². The van der Waals surface area contributed by atoms with E-state index in [4.69, 9.17) is 9.15 Å². The summed E-state index contributed by atoms with van der Waals surface area (Å²) in [7, 11) is 0. The van der Waals surface area contributed by atoms with Crippen molar-refractivity contribution >= 4 is 11.8 Å². The molecule has 0 radical (unpaired) electrons. The van der Waals surface area contributed by atoms with E-state index in [2.05, 4.69) is 48.0 Å². The third-order valence-corrected chi connectivity index (χ3v) is 6.19. The van der Waals surface area contributed by atoms with E-state index in [0.29, 0.717) is 5.54 Å². The minimum atomic E-state index is 0.267. The van der Waals surface area contributed by atoms with E-state index >= 15 is 0 Å². The lowest BCUT2D eigenvalue weighted by Crippen LogP contribution is -2.58. The van der Waals surface area contributed by atoms with Crippen molar-refractivity contribution in [1.29, 1.82) is 0 Å². The molecular formula is C17H28N2O2S. The quantitative estimate of drug-likeness (QED) is 0.871. The summed E-state index contributed by atoms with van der Waals surface area (Å²) < 4.78 is 11.4. The van der Waals surface area contributed by atoms with Gasteiger partial charge < -0.3 is 14.5 Å². The second kappa shape index (κ2) is 7.39. The number of ether oxygens (including phenoxy) is 1. The highest BCUT2D eigenvalue weighted by Gasteiger charge is 2.40. The molecule has 2 saturated heterocycles. The Morgan fingerprint density at radius 2 is 2.18 bits per heavy atom. The van der Waals surface area contributed by atoms with Crippen LogP contribution in [0.2, 0.25) is 0 Å². The molecule has 5 heteroatoms. The maximum absolute atomic E-state index is 5.89.